The minimum Gasteiger partial charge on any atom is -0.496 e. The molecule has 3 aromatic rings. The highest BCUT2D eigenvalue weighted by atomic mass is 35.5. The van der Waals surface area contributed by atoms with E-state index >= 15 is 0 Å². The van der Waals surface area contributed by atoms with Crippen LogP contribution >= 0.6 is 22.9 Å². The average molecular weight is 431 g/mol. The molecule has 1 aliphatic rings. The van der Waals surface area contributed by atoms with Crippen molar-refractivity contribution in [3.8, 4) is 5.75 Å². The van der Waals surface area contributed by atoms with Gasteiger partial charge in [0, 0.05) is 54.6 Å². The SMILES string of the molecule is CCc1nc(N2CCN(Cc3cc(Cl)ccc3OC)CC2)c2cc(CC)sc2n1. The standard InChI is InChI=1S/C22H27ClN4OS/c1-4-17-13-18-21(24-20(5-2)25-22(18)29-17)27-10-8-26(9-11-27)14-15-12-16(23)6-7-19(15)28-3/h6-7,12-13H,4-5,8-11,14H2,1-3H3. The lowest BCUT2D eigenvalue weighted by Gasteiger charge is -2.36. The highest BCUT2D eigenvalue weighted by Crippen LogP contribution is 2.32. The Morgan fingerprint density at radius 2 is 1.86 bits per heavy atom. The van der Waals surface area contributed by atoms with Crippen LogP contribution in [0.4, 0.5) is 5.82 Å². The second-order valence-corrected chi connectivity index (χ2v) is 8.87. The minimum atomic E-state index is 0.749. The summed E-state index contributed by atoms with van der Waals surface area (Å²) in [4.78, 5) is 17.0. The first-order valence-corrected chi connectivity index (χ1v) is 11.4. The summed E-state index contributed by atoms with van der Waals surface area (Å²) in [5.41, 5.74) is 1.14. The molecule has 0 amide bonds. The second-order valence-electron chi connectivity index (χ2n) is 7.32. The van der Waals surface area contributed by atoms with Crippen LogP contribution in [0, 0.1) is 0 Å². The van der Waals surface area contributed by atoms with Crippen molar-refractivity contribution in [3.63, 3.8) is 0 Å². The van der Waals surface area contributed by atoms with E-state index in [0.717, 1.165) is 78.4 Å². The first kappa shape index (κ1) is 20.4. The Hall–Kier alpha value is -1.89. The molecule has 4 rings (SSSR count). The molecule has 0 atom stereocenters. The lowest BCUT2D eigenvalue weighted by molar-refractivity contribution is 0.245. The summed E-state index contributed by atoms with van der Waals surface area (Å²) < 4.78 is 5.51. The molecule has 154 valence electrons. The Morgan fingerprint density at radius 1 is 1.07 bits per heavy atom. The van der Waals surface area contributed by atoms with Crippen molar-refractivity contribution in [2.75, 3.05) is 38.2 Å². The van der Waals surface area contributed by atoms with E-state index in [9.17, 15) is 0 Å². The van der Waals surface area contributed by atoms with Gasteiger partial charge in [-0.1, -0.05) is 25.4 Å². The molecule has 0 unspecified atom stereocenters. The van der Waals surface area contributed by atoms with Gasteiger partial charge in [0.05, 0.1) is 12.5 Å². The third-order valence-electron chi connectivity index (χ3n) is 5.44. The zero-order valence-electron chi connectivity index (χ0n) is 17.2. The number of hydrogen-bond acceptors (Lipinski definition) is 6. The number of ether oxygens (including phenoxy) is 1. The number of aryl methyl sites for hydroxylation is 2. The zero-order valence-corrected chi connectivity index (χ0v) is 18.8. The van der Waals surface area contributed by atoms with E-state index in [1.807, 2.05) is 18.2 Å². The first-order valence-electron chi connectivity index (χ1n) is 10.2. The van der Waals surface area contributed by atoms with Gasteiger partial charge in [0.15, 0.2) is 0 Å². The predicted molar refractivity (Wildman–Crippen MR) is 122 cm³/mol. The Morgan fingerprint density at radius 3 is 2.55 bits per heavy atom. The smallest absolute Gasteiger partial charge is 0.141 e. The predicted octanol–water partition coefficient (Wildman–Crippen LogP) is 4.80. The maximum absolute atomic E-state index is 6.20. The van der Waals surface area contributed by atoms with Crippen molar-refractivity contribution in [3.05, 3.63) is 45.6 Å². The van der Waals surface area contributed by atoms with Gasteiger partial charge in [0.25, 0.3) is 0 Å². The summed E-state index contributed by atoms with van der Waals surface area (Å²) in [6, 6.07) is 8.10. The number of rotatable bonds is 6. The minimum absolute atomic E-state index is 0.749. The van der Waals surface area contributed by atoms with Gasteiger partial charge in [-0.15, -0.1) is 11.3 Å². The number of anilines is 1. The van der Waals surface area contributed by atoms with Crippen molar-refractivity contribution >= 4 is 39.0 Å². The third kappa shape index (κ3) is 4.34. The van der Waals surface area contributed by atoms with Crippen LogP contribution in [0.3, 0.4) is 0 Å². The highest BCUT2D eigenvalue weighted by Gasteiger charge is 2.22. The molecule has 1 aromatic carbocycles. The van der Waals surface area contributed by atoms with Gasteiger partial charge >= 0.3 is 0 Å². The van der Waals surface area contributed by atoms with Crippen molar-refractivity contribution in [1.29, 1.82) is 0 Å². The van der Waals surface area contributed by atoms with Crippen LogP contribution in [0.15, 0.2) is 24.3 Å². The van der Waals surface area contributed by atoms with Gasteiger partial charge in [0.1, 0.15) is 22.2 Å². The number of benzene rings is 1. The van der Waals surface area contributed by atoms with Gasteiger partial charge in [-0.05, 0) is 30.7 Å². The van der Waals surface area contributed by atoms with Crippen LogP contribution in [0.5, 0.6) is 5.75 Å². The Balaban J connectivity index is 1.51. The summed E-state index contributed by atoms with van der Waals surface area (Å²) in [5, 5.41) is 1.95. The third-order valence-corrected chi connectivity index (χ3v) is 6.85. The normalized spacial score (nSPS) is 15.2. The molecule has 5 nitrogen and oxygen atoms in total. The molecule has 0 radical (unpaired) electrons. The number of methoxy groups -OCH3 is 1. The van der Waals surface area contributed by atoms with Crippen LogP contribution in [-0.2, 0) is 19.4 Å². The Kier molecular flexibility index (Phi) is 6.23. The van der Waals surface area contributed by atoms with E-state index in [1.54, 1.807) is 18.4 Å². The van der Waals surface area contributed by atoms with Crippen LogP contribution in [0.25, 0.3) is 10.2 Å². The largest absolute Gasteiger partial charge is 0.496 e. The summed E-state index contributed by atoms with van der Waals surface area (Å²) >= 11 is 8.00. The summed E-state index contributed by atoms with van der Waals surface area (Å²) in [6.45, 7) is 9.03. The Bertz CT molecular complexity index is 998. The fraction of sp³-hybridized carbons (Fsp3) is 0.455. The molecular formula is C22H27ClN4OS. The molecule has 0 N–H and O–H groups in total. The van der Waals surface area contributed by atoms with E-state index in [-0.39, 0.29) is 0 Å². The van der Waals surface area contributed by atoms with Gasteiger partial charge in [-0.3, -0.25) is 4.90 Å². The lowest BCUT2D eigenvalue weighted by Crippen LogP contribution is -2.46. The van der Waals surface area contributed by atoms with E-state index in [4.69, 9.17) is 26.3 Å². The van der Waals surface area contributed by atoms with Crippen molar-refractivity contribution in [1.82, 2.24) is 14.9 Å². The van der Waals surface area contributed by atoms with E-state index in [0.29, 0.717) is 0 Å². The topological polar surface area (TPSA) is 41.5 Å². The molecule has 0 bridgehead atoms. The molecule has 1 saturated heterocycles. The zero-order chi connectivity index (χ0) is 20.4. The summed E-state index contributed by atoms with van der Waals surface area (Å²) in [5.74, 6) is 2.93. The number of thiophene rings is 1. The van der Waals surface area contributed by atoms with Crippen molar-refractivity contribution in [2.24, 2.45) is 0 Å². The number of aromatic nitrogens is 2. The number of halogens is 1. The molecule has 2 aromatic heterocycles. The number of nitrogens with zero attached hydrogens (tertiary/aromatic N) is 4. The fourth-order valence-corrected chi connectivity index (χ4v) is 4.98. The molecule has 0 spiro atoms. The van der Waals surface area contributed by atoms with E-state index in [2.05, 4.69) is 29.7 Å². The molecular weight excluding hydrogens is 404 g/mol. The maximum Gasteiger partial charge on any atom is 0.141 e. The van der Waals surface area contributed by atoms with Crippen molar-refractivity contribution < 1.29 is 4.74 Å². The molecule has 0 aliphatic carbocycles. The quantitative estimate of drug-likeness (QED) is 0.561. The molecule has 29 heavy (non-hydrogen) atoms. The van der Waals surface area contributed by atoms with E-state index in [1.165, 1.54) is 10.3 Å². The molecule has 0 saturated carbocycles. The van der Waals surface area contributed by atoms with E-state index < -0.39 is 0 Å². The fourth-order valence-electron chi connectivity index (χ4n) is 3.80. The highest BCUT2D eigenvalue weighted by molar-refractivity contribution is 7.18. The maximum atomic E-state index is 6.20. The van der Waals surface area contributed by atoms with Crippen LogP contribution < -0.4 is 9.64 Å². The second kappa shape index (κ2) is 8.86. The van der Waals surface area contributed by atoms with Crippen LogP contribution in [-0.4, -0.2) is 48.2 Å². The summed E-state index contributed by atoms with van der Waals surface area (Å²) in [6.07, 6.45) is 1.90. The van der Waals surface area contributed by atoms with Gasteiger partial charge < -0.3 is 9.64 Å². The average Bonchev–Trinajstić information content (AvgIpc) is 3.17. The Labute approximate surface area is 181 Å². The first-order chi connectivity index (χ1) is 14.1. The van der Waals surface area contributed by atoms with Crippen LogP contribution in [0.2, 0.25) is 5.02 Å². The van der Waals surface area contributed by atoms with Gasteiger partial charge in [-0.25, -0.2) is 9.97 Å². The van der Waals surface area contributed by atoms with Gasteiger partial charge in [0.2, 0.25) is 0 Å². The van der Waals surface area contributed by atoms with Gasteiger partial charge in [-0.2, -0.15) is 0 Å². The number of piperazine rings is 1. The molecule has 1 aliphatic heterocycles. The summed E-state index contributed by atoms with van der Waals surface area (Å²) in [7, 11) is 1.71. The monoisotopic (exact) mass is 430 g/mol. The molecule has 1 fully saturated rings. The number of hydrogen-bond donors (Lipinski definition) is 0. The molecule has 3 heterocycles. The molecule has 7 heteroatoms. The van der Waals surface area contributed by atoms with Crippen LogP contribution in [0.1, 0.15) is 30.1 Å². The number of fused-ring (bicyclic) bond motifs is 1. The van der Waals surface area contributed by atoms with Crippen molar-refractivity contribution in [2.45, 2.75) is 33.2 Å². The lowest BCUT2D eigenvalue weighted by atomic mass is 10.1.